The number of imidazole rings is 1. The molecule has 0 spiro atoms. The fourth-order valence-corrected chi connectivity index (χ4v) is 3.88. The summed E-state index contributed by atoms with van der Waals surface area (Å²) in [6.07, 6.45) is 3.83. The van der Waals surface area contributed by atoms with Crippen molar-refractivity contribution >= 4 is 22.7 Å². The molecule has 110 valence electrons. The monoisotopic (exact) mass is 318 g/mol. The Hall–Kier alpha value is -1.50. The van der Waals surface area contributed by atoms with Gasteiger partial charge in [-0.2, -0.15) is 0 Å². The van der Waals surface area contributed by atoms with Crippen molar-refractivity contribution in [3.05, 3.63) is 56.7 Å². The van der Waals surface area contributed by atoms with E-state index in [0.29, 0.717) is 0 Å². The lowest BCUT2D eigenvalue weighted by Gasteiger charge is -2.21. The maximum absolute atomic E-state index is 4.58. The van der Waals surface area contributed by atoms with Crippen LogP contribution in [0, 0.1) is 6.92 Å². The number of nitrogens with one attached hydrogen (secondary N) is 1. The zero-order chi connectivity index (χ0) is 14.8. The Labute approximate surface area is 132 Å². The topological polar surface area (TPSA) is 42.7 Å². The second kappa shape index (κ2) is 6.09. The van der Waals surface area contributed by atoms with E-state index in [0.717, 1.165) is 16.5 Å². The first-order valence-electron chi connectivity index (χ1n) is 6.84. The van der Waals surface area contributed by atoms with Gasteiger partial charge in [-0.05, 0) is 25.3 Å². The molecule has 0 aromatic carbocycles. The highest BCUT2D eigenvalue weighted by Crippen LogP contribution is 2.28. The first-order valence-corrected chi connectivity index (χ1v) is 8.60. The molecule has 0 saturated carbocycles. The minimum Gasteiger partial charge on any atom is -0.336 e. The minimum absolute atomic E-state index is 0.0872. The van der Waals surface area contributed by atoms with Crippen LogP contribution in [0.1, 0.15) is 40.4 Å². The van der Waals surface area contributed by atoms with Crippen LogP contribution in [0.4, 0.5) is 0 Å². The van der Waals surface area contributed by atoms with Crippen molar-refractivity contribution in [1.82, 2.24) is 19.9 Å². The maximum Gasteiger partial charge on any atom is 0.131 e. The van der Waals surface area contributed by atoms with Gasteiger partial charge in [0.2, 0.25) is 0 Å². The van der Waals surface area contributed by atoms with Crippen LogP contribution >= 0.6 is 22.7 Å². The van der Waals surface area contributed by atoms with Gasteiger partial charge < -0.3 is 4.57 Å². The van der Waals surface area contributed by atoms with Crippen molar-refractivity contribution < 1.29 is 0 Å². The number of thiophene rings is 1. The van der Waals surface area contributed by atoms with Crippen LogP contribution < -0.4 is 5.32 Å². The molecular weight excluding hydrogens is 300 g/mol. The molecule has 21 heavy (non-hydrogen) atoms. The molecule has 0 saturated heterocycles. The predicted octanol–water partition coefficient (Wildman–Crippen LogP) is 3.69. The second-order valence-electron chi connectivity index (χ2n) is 5.06. The third-order valence-electron chi connectivity index (χ3n) is 3.37. The molecule has 0 fully saturated rings. The van der Waals surface area contributed by atoms with Gasteiger partial charge in [0.1, 0.15) is 16.9 Å². The fraction of sp³-hybridized carbons (Fsp3) is 0.333. The average Bonchev–Trinajstić information content (AvgIpc) is 3.17. The van der Waals surface area contributed by atoms with Crippen LogP contribution in [0.5, 0.6) is 0 Å². The summed E-state index contributed by atoms with van der Waals surface area (Å²) >= 11 is 3.45. The molecule has 0 bridgehead atoms. The van der Waals surface area contributed by atoms with E-state index < -0.39 is 0 Å². The van der Waals surface area contributed by atoms with Gasteiger partial charge in [-0.25, -0.2) is 9.97 Å². The van der Waals surface area contributed by atoms with E-state index in [1.54, 1.807) is 22.7 Å². The first kappa shape index (κ1) is 14.4. The molecule has 3 aromatic heterocycles. The van der Waals surface area contributed by atoms with E-state index in [9.17, 15) is 0 Å². The van der Waals surface area contributed by atoms with Crippen molar-refractivity contribution in [2.24, 2.45) is 7.05 Å². The smallest absolute Gasteiger partial charge is 0.131 e. The molecule has 2 atom stereocenters. The summed E-state index contributed by atoms with van der Waals surface area (Å²) in [7, 11) is 2.03. The van der Waals surface area contributed by atoms with E-state index in [2.05, 4.69) is 49.7 Å². The highest BCUT2D eigenvalue weighted by molar-refractivity contribution is 7.10. The SMILES string of the molecule is Cc1csc(C(C)NC(c2cccs2)c2nccn2C)n1. The Kier molecular flexibility index (Phi) is 4.19. The molecule has 0 amide bonds. The molecule has 0 aliphatic heterocycles. The van der Waals surface area contributed by atoms with Crippen molar-refractivity contribution in [3.8, 4) is 0 Å². The van der Waals surface area contributed by atoms with E-state index in [1.165, 1.54) is 4.88 Å². The lowest BCUT2D eigenvalue weighted by atomic mass is 10.2. The summed E-state index contributed by atoms with van der Waals surface area (Å²) in [5, 5.41) is 8.98. The summed E-state index contributed by atoms with van der Waals surface area (Å²) < 4.78 is 2.07. The molecule has 3 heterocycles. The Bertz CT molecular complexity index is 699. The molecule has 3 aromatic rings. The third-order valence-corrected chi connectivity index (χ3v) is 5.45. The highest BCUT2D eigenvalue weighted by Gasteiger charge is 2.22. The van der Waals surface area contributed by atoms with Gasteiger partial charge >= 0.3 is 0 Å². The molecule has 4 nitrogen and oxygen atoms in total. The summed E-state index contributed by atoms with van der Waals surface area (Å²) in [6.45, 7) is 4.18. The van der Waals surface area contributed by atoms with Crippen LogP contribution in [-0.4, -0.2) is 14.5 Å². The van der Waals surface area contributed by atoms with E-state index >= 15 is 0 Å². The van der Waals surface area contributed by atoms with Crippen molar-refractivity contribution in [3.63, 3.8) is 0 Å². The largest absolute Gasteiger partial charge is 0.336 e. The number of hydrogen-bond acceptors (Lipinski definition) is 5. The third kappa shape index (κ3) is 3.07. The number of thiazole rings is 1. The average molecular weight is 318 g/mol. The molecule has 0 aliphatic rings. The molecular formula is C15H18N4S2. The normalized spacial score (nSPS) is 14.2. The minimum atomic E-state index is 0.0872. The zero-order valence-corrected chi connectivity index (χ0v) is 13.9. The lowest BCUT2D eigenvalue weighted by molar-refractivity contribution is 0.492. The number of rotatable bonds is 5. The van der Waals surface area contributed by atoms with Crippen LogP contribution in [0.2, 0.25) is 0 Å². The predicted molar refractivity (Wildman–Crippen MR) is 87.8 cm³/mol. The van der Waals surface area contributed by atoms with Gasteiger partial charge in [-0.1, -0.05) is 6.07 Å². The summed E-state index contributed by atoms with van der Waals surface area (Å²) in [6, 6.07) is 4.50. The van der Waals surface area contributed by atoms with E-state index in [4.69, 9.17) is 0 Å². The standard InChI is InChI=1S/C15H18N4S2/c1-10-9-21-15(17-10)11(2)18-13(12-5-4-8-20-12)14-16-6-7-19(14)3/h4-9,11,13,18H,1-3H3. The van der Waals surface area contributed by atoms with Gasteiger partial charge in [-0.15, -0.1) is 22.7 Å². The van der Waals surface area contributed by atoms with Crippen molar-refractivity contribution in [2.75, 3.05) is 0 Å². The van der Waals surface area contributed by atoms with Gasteiger partial charge in [0.15, 0.2) is 0 Å². The van der Waals surface area contributed by atoms with Gasteiger partial charge in [0.25, 0.3) is 0 Å². The summed E-state index contributed by atoms with van der Waals surface area (Å²) in [4.78, 5) is 10.4. The van der Waals surface area contributed by atoms with Gasteiger partial charge in [0, 0.05) is 35.4 Å². The van der Waals surface area contributed by atoms with Gasteiger partial charge in [0.05, 0.1) is 6.04 Å². The van der Waals surface area contributed by atoms with Crippen LogP contribution in [0.3, 0.4) is 0 Å². The van der Waals surface area contributed by atoms with Crippen LogP contribution in [-0.2, 0) is 7.05 Å². The lowest BCUT2D eigenvalue weighted by Crippen LogP contribution is -2.27. The van der Waals surface area contributed by atoms with Gasteiger partial charge in [-0.3, -0.25) is 5.32 Å². The number of hydrogen-bond donors (Lipinski definition) is 1. The second-order valence-corrected chi connectivity index (χ2v) is 6.93. The Morgan fingerprint density at radius 3 is 2.76 bits per heavy atom. The fourth-order valence-electron chi connectivity index (χ4n) is 2.29. The van der Waals surface area contributed by atoms with Crippen molar-refractivity contribution in [1.29, 1.82) is 0 Å². The molecule has 3 rings (SSSR count). The van der Waals surface area contributed by atoms with Crippen LogP contribution in [0.15, 0.2) is 35.3 Å². The van der Waals surface area contributed by atoms with E-state index in [1.807, 2.05) is 26.4 Å². The molecule has 6 heteroatoms. The van der Waals surface area contributed by atoms with E-state index in [-0.39, 0.29) is 12.1 Å². The summed E-state index contributed by atoms with van der Waals surface area (Å²) in [5.41, 5.74) is 1.08. The summed E-state index contributed by atoms with van der Waals surface area (Å²) in [5.74, 6) is 1.03. The molecule has 0 aliphatic carbocycles. The number of nitrogens with zero attached hydrogens (tertiary/aromatic N) is 3. The number of aromatic nitrogens is 3. The highest BCUT2D eigenvalue weighted by atomic mass is 32.1. The van der Waals surface area contributed by atoms with Crippen LogP contribution in [0.25, 0.3) is 0 Å². The Balaban J connectivity index is 1.88. The van der Waals surface area contributed by atoms with Crippen molar-refractivity contribution in [2.45, 2.75) is 25.9 Å². The Morgan fingerprint density at radius 1 is 1.33 bits per heavy atom. The quantitative estimate of drug-likeness (QED) is 0.780. The molecule has 0 radical (unpaired) electrons. The first-order chi connectivity index (χ1) is 10.1. The molecule has 2 unspecified atom stereocenters. The zero-order valence-electron chi connectivity index (χ0n) is 12.3. The number of aryl methyl sites for hydroxylation is 2. The Morgan fingerprint density at radius 2 is 2.19 bits per heavy atom. The molecule has 1 N–H and O–H groups in total. The maximum atomic E-state index is 4.58.